The number of benzene rings is 1. The Balaban J connectivity index is 3.21. The van der Waals surface area contributed by atoms with Crippen LogP contribution in [0.2, 0.25) is 0 Å². The molecule has 1 rings (SSSR count). The van der Waals surface area contributed by atoms with Crippen LogP contribution < -0.4 is 5.32 Å². The molecule has 0 heterocycles. The van der Waals surface area contributed by atoms with Gasteiger partial charge in [0.15, 0.2) is 0 Å². The number of nitrogens with one attached hydrogen (secondary N) is 1. The second kappa shape index (κ2) is 5.75. The van der Waals surface area contributed by atoms with Crippen LogP contribution in [0.5, 0.6) is 0 Å². The number of non-ortho nitro benzene ring substituents is 1. The highest BCUT2D eigenvalue weighted by molar-refractivity contribution is 9.10. The van der Waals surface area contributed by atoms with Crippen molar-refractivity contribution in [3.63, 3.8) is 0 Å². The van der Waals surface area contributed by atoms with Crippen LogP contribution in [0.15, 0.2) is 16.6 Å². The molecule has 0 radical (unpaired) electrons. The molecule has 0 unspecified atom stereocenters. The molecule has 90 valence electrons. The molecule has 0 spiro atoms. The summed E-state index contributed by atoms with van der Waals surface area (Å²) >= 11 is 3.03. The Kier molecular flexibility index (Phi) is 4.35. The highest BCUT2D eigenvalue weighted by Gasteiger charge is 2.16. The van der Waals surface area contributed by atoms with Crippen LogP contribution in [0.1, 0.15) is 12.0 Å². The lowest BCUT2D eigenvalue weighted by Crippen LogP contribution is -2.12. The molecule has 0 aromatic heterocycles. The number of hydrogen-bond acceptors (Lipinski definition) is 5. The number of carbonyl (C=O) groups excluding carboxylic acids is 1. The van der Waals surface area contributed by atoms with Gasteiger partial charge in [0, 0.05) is 16.6 Å². The average Bonchev–Trinajstić information content (AvgIpc) is 2.31. The Hall–Kier alpha value is -2.45. The first-order valence-electron chi connectivity index (χ1n) is 4.54. The molecule has 7 nitrogen and oxygen atoms in total. The number of amides is 1. The molecule has 18 heavy (non-hydrogen) atoms. The molecule has 0 bridgehead atoms. The molecule has 8 heteroatoms. The second-order valence-electron chi connectivity index (χ2n) is 3.10. The summed E-state index contributed by atoms with van der Waals surface area (Å²) in [5.41, 5.74) is -0.206. The minimum atomic E-state index is -0.646. The van der Waals surface area contributed by atoms with E-state index in [1.54, 1.807) is 12.1 Å². The Morgan fingerprint density at radius 1 is 1.50 bits per heavy atom. The van der Waals surface area contributed by atoms with Crippen LogP contribution in [0.4, 0.5) is 11.4 Å². The van der Waals surface area contributed by atoms with Crippen molar-refractivity contribution >= 4 is 33.2 Å². The van der Waals surface area contributed by atoms with Crippen LogP contribution in [-0.4, -0.2) is 10.8 Å². The van der Waals surface area contributed by atoms with Crippen LogP contribution in [0, 0.1) is 32.8 Å². The molecule has 1 N–H and O–H groups in total. The first kappa shape index (κ1) is 13.6. The number of carbonyl (C=O) groups is 1. The molecule has 0 fully saturated rings. The number of halogens is 1. The third kappa shape index (κ3) is 3.03. The predicted molar refractivity (Wildman–Crippen MR) is 64.4 cm³/mol. The molecule has 0 saturated carbocycles. The number of nitro groups is 1. The van der Waals surface area contributed by atoms with Crippen LogP contribution >= 0.6 is 15.9 Å². The first-order valence-corrected chi connectivity index (χ1v) is 5.33. The molecule has 0 aliphatic rings. The summed E-state index contributed by atoms with van der Waals surface area (Å²) in [6.45, 7) is 0. The number of nitriles is 2. The molecule has 0 aliphatic heterocycles. The van der Waals surface area contributed by atoms with Gasteiger partial charge in [0.05, 0.1) is 22.2 Å². The summed E-state index contributed by atoms with van der Waals surface area (Å²) < 4.78 is 0.208. The summed E-state index contributed by atoms with van der Waals surface area (Å²) in [7, 11) is 0. The Bertz CT molecular complexity index is 600. The molecular weight excluding hydrogens is 304 g/mol. The van der Waals surface area contributed by atoms with Gasteiger partial charge in [-0.2, -0.15) is 10.5 Å². The topological polar surface area (TPSA) is 120 Å². The number of rotatable bonds is 3. The first-order chi connectivity index (χ1) is 8.49. The van der Waals surface area contributed by atoms with E-state index in [0.29, 0.717) is 0 Å². The van der Waals surface area contributed by atoms with E-state index in [1.165, 1.54) is 6.07 Å². The van der Waals surface area contributed by atoms with Gasteiger partial charge < -0.3 is 5.32 Å². The zero-order valence-electron chi connectivity index (χ0n) is 8.81. The minimum Gasteiger partial charge on any atom is -0.323 e. The zero-order valence-corrected chi connectivity index (χ0v) is 10.4. The van der Waals surface area contributed by atoms with Gasteiger partial charge >= 0.3 is 0 Å². The normalized spacial score (nSPS) is 9.06. The van der Waals surface area contributed by atoms with Crippen molar-refractivity contribution in [2.75, 3.05) is 5.32 Å². The van der Waals surface area contributed by atoms with Crippen molar-refractivity contribution in [2.24, 2.45) is 0 Å². The van der Waals surface area contributed by atoms with E-state index in [4.69, 9.17) is 10.5 Å². The number of nitrogens with zero attached hydrogens (tertiary/aromatic N) is 3. The summed E-state index contributed by atoms with van der Waals surface area (Å²) in [6.07, 6.45) is -0.367. The van der Waals surface area contributed by atoms with E-state index in [9.17, 15) is 14.9 Å². The lowest BCUT2D eigenvalue weighted by molar-refractivity contribution is -0.384. The maximum atomic E-state index is 11.3. The van der Waals surface area contributed by atoms with Gasteiger partial charge in [-0.3, -0.25) is 14.9 Å². The van der Waals surface area contributed by atoms with Crippen LogP contribution in [0.3, 0.4) is 0 Å². The molecule has 0 atom stereocenters. The van der Waals surface area contributed by atoms with E-state index in [2.05, 4.69) is 21.2 Å². The van der Waals surface area contributed by atoms with Crippen molar-refractivity contribution in [3.05, 3.63) is 32.3 Å². The van der Waals surface area contributed by atoms with Gasteiger partial charge in [-0.15, -0.1) is 0 Å². The van der Waals surface area contributed by atoms with Gasteiger partial charge in [-0.05, 0) is 15.9 Å². The van der Waals surface area contributed by atoms with E-state index in [-0.39, 0.29) is 27.8 Å². The van der Waals surface area contributed by atoms with Gasteiger partial charge in [0.2, 0.25) is 5.91 Å². The van der Waals surface area contributed by atoms with E-state index < -0.39 is 10.8 Å². The molecule has 1 aromatic rings. The quantitative estimate of drug-likeness (QED) is 0.677. The molecular formula is C10H5BrN4O3. The maximum Gasteiger partial charge on any atom is 0.272 e. The highest BCUT2D eigenvalue weighted by atomic mass is 79.9. The Morgan fingerprint density at radius 2 is 2.17 bits per heavy atom. The number of anilines is 1. The van der Waals surface area contributed by atoms with Crippen LogP contribution in [-0.2, 0) is 4.79 Å². The molecule has 1 amide bonds. The fourth-order valence-corrected chi connectivity index (χ4v) is 1.72. The van der Waals surface area contributed by atoms with E-state index in [0.717, 1.165) is 6.07 Å². The van der Waals surface area contributed by atoms with Gasteiger partial charge in [0.1, 0.15) is 12.5 Å². The van der Waals surface area contributed by atoms with Crippen molar-refractivity contribution in [1.29, 1.82) is 10.5 Å². The highest BCUT2D eigenvalue weighted by Crippen LogP contribution is 2.31. The molecule has 1 aromatic carbocycles. The number of nitro benzene ring substituents is 1. The van der Waals surface area contributed by atoms with E-state index >= 15 is 0 Å². The van der Waals surface area contributed by atoms with Gasteiger partial charge in [0.25, 0.3) is 5.69 Å². The Morgan fingerprint density at radius 3 is 2.67 bits per heavy atom. The maximum absolute atomic E-state index is 11.3. The van der Waals surface area contributed by atoms with E-state index in [1.807, 2.05) is 0 Å². The lowest BCUT2D eigenvalue weighted by Gasteiger charge is -2.07. The summed E-state index contributed by atoms with van der Waals surface area (Å²) in [4.78, 5) is 21.2. The summed E-state index contributed by atoms with van der Waals surface area (Å²) in [6, 6.07) is 5.62. The smallest absolute Gasteiger partial charge is 0.272 e. The monoisotopic (exact) mass is 308 g/mol. The third-order valence-corrected chi connectivity index (χ3v) is 2.54. The van der Waals surface area contributed by atoms with Crippen molar-refractivity contribution in [1.82, 2.24) is 0 Å². The predicted octanol–water partition coefficient (Wildman–Crippen LogP) is 2.08. The van der Waals surface area contributed by atoms with Crippen molar-refractivity contribution in [2.45, 2.75) is 6.42 Å². The summed E-state index contributed by atoms with van der Waals surface area (Å²) in [5.74, 6) is -0.594. The lowest BCUT2D eigenvalue weighted by atomic mass is 10.1. The average molecular weight is 309 g/mol. The largest absolute Gasteiger partial charge is 0.323 e. The van der Waals surface area contributed by atoms with Gasteiger partial charge in [-0.1, -0.05) is 0 Å². The number of hydrogen-bond donors (Lipinski definition) is 1. The van der Waals surface area contributed by atoms with Crippen molar-refractivity contribution in [3.8, 4) is 12.1 Å². The molecule has 0 saturated heterocycles. The van der Waals surface area contributed by atoms with Gasteiger partial charge in [-0.25, -0.2) is 0 Å². The van der Waals surface area contributed by atoms with Crippen molar-refractivity contribution < 1.29 is 9.72 Å². The fourth-order valence-electron chi connectivity index (χ4n) is 1.17. The second-order valence-corrected chi connectivity index (χ2v) is 3.96. The SMILES string of the molecule is N#CCC(=O)Nc1c(Br)cc([N+](=O)[O-])cc1C#N. The standard InChI is InChI=1S/C10H5BrN4O3/c11-8-4-7(15(17)18)3-6(5-13)10(8)14-9(16)1-2-12/h3-4H,1H2,(H,14,16). The fraction of sp³-hybridized carbons (Fsp3) is 0.100. The zero-order chi connectivity index (χ0) is 13.7. The minimum absolute atomic E-state index is 0.0534. The third-order valence-electron chi connectivity index (χ3n) is 1.91. The molecule has 0 aliphatic carbocycles. The van der Waals surface area contributed by atoms with Crippen LogP contribution in [0.25, 0.3) is 0 Å². The summed E-state index contributed by atoms with van der Waals surface area (Å²) in [5, 5.41) is 30.2. The Labute approximate surface area is 110 Å².